The van der Waals surface area contributed by atoms with E-state index in [1.54, 1.807) is 32.4 Å². The van der Waals surface area contributed by atoms with Crippen LogP contribution in [0.5, 0.6) is 5.75 Å². The second-order valence-corrected chi connectivity index (χ2v) is 7.42. The van der Waals surface area contributed by atoms with Gasteiger partial charge in [-0.1, -0.05) is 11.8 Å². The summed E-state index contributed by atoms with van der Waals surface area (Å²) in [5, 5.41) is 19.4. The number of carbonyl (C=O) groups excluding carboxylic acids is 1. The van der Waals surface area contributed by atoms with E-state index in [0.29, 0.717) is 23.3 Å². The van der Waals surface area contributed by atoms with Gasteiger partial charge in [-0.2, -0.15) is 0 Å². The Morgan fingerprint density at radius 2 is 1.96 bits per heavy atom. The average Bonchev–Trinajstić information content (AvgIpc) is 2.93. The van der Waals surface area contributed by atoms with Crippen LogP contribution in [0.3, 0.4) is 0 Å². The molecule has 10 heteroatoms. The maximum absolute atomic E-state index is 12.0. The summed E-state index contributed by atoms with van der Waals surface area (Å²) < 4.78 is 11.6. The fourth-order valence-electron chi connectivity index (χ4n) is 1.95. The number of rotatable bonds is 8. The van der Waals surface area contributed by atoms with Gasteiger partial charge < -0.3 is 14.0 Å². The molecular weight excluding hydrogens is 360 g/mol. The van der Waals surface area contributed by atoms with E-state index >= 15 is 0 Å². The van der Waals surface area contributed by atoms with Gasteiger partial charge in [-0.3, -0.25) is 14.9 Å². The number of esters is 1. The van der Waals surface area contributed by atoms with Crippen molar-refractivity contribution in [3.05, 3.63) is 40.2 Å². The molecule has 9 nitrogen and oxygen atoms in total. The van der Waals surface area contributed by atoms with Crippen molar-refractivity contribution in [2.75, 3.05) is 6.61 Å². The van der Waals surface area contributed by atoms with Crippen molar-refractivity contribution in [3.8, 4) is 5.75 Å². The van der Waals surface area contributed by atoms with E-state index in [2.05, 4.69) is 10.2 Å². The largest absolute Gasteiger partial charge is 0.486 e. The Bertz CT molecular complexity index is 788. The van der Waals surface area contributed by atoms with Crippen LogP contribution >= 0.6 is 11.8 Å². The molecule has 2 rings (SSSR count). The van der Waals surface area contributed by atoms with Gasteiger partial charge >= 0.3 is 5.97 Å². The predicted molar refractivity (Wildman–Crippen MR) is 95.0 cm³/mol. The van der Waals surface area contributed by atoms with E-state index in [4.69, 9.17) is 9.47 Å². The van der Waals surface area contributed by atoms with Gasteiger partial charge in [0.1, 0.15) is 17.1 Å². The minimum atomic E-state index is -0.798. The quantitative estimate of drug-likeness (QED) is 0.298. The first-order valence-corrected chi connectivity index (χ1v) is 8.68. The van der Waals surface area contributed by atoms with E-state index < -0.39 is 9.67 Å². The Hall–Kier alpha value is -2.62. The average molecular weight is 380 g/mol. The zero-order chi connectivity index (χ0) is 19.3. The number of nitro groups is 1. The third-order valence-electron chi connectivity index (χ3n) is 3.45. The molecule has 0 amide bonds. The Kier molecular flexibility index (Phi) is 6.19. The molecule has 0 saturated heterocycles. The van der Waals surface area contributed by atoms with Crippen molar-refractivity contribution in [2.45, 2.75) is 37.3 Å². The first-order chi connectivity index (χ1) is 12.2. The smallest absolute Gasteiger partial charge is 0.322 e. The Morgan fingerprint density at radius 1 is 1.31 bits per heavy atom. The number of carbonyl (C=O) groups is 1. The van der Waals surface area contributed by atoms with Crippen molar-refractivity contribution in [3.63, 3.8) is 0 Å². The number of hydrogen-bond donors (Lipinski definition) is 0. The molecule has 0 unspecified atom stereocenters. The van der Waals surface area contributed by atoms with Gasteiger partial charge in [0.25, 0.3) is 5.69 Å². The lowest BCUT2D eigenvalue weighted by Gasteiger charge is -2.20. The van der Waals surface area contributed by atoms with Crippen molar-refractivity contribution in [1.29, 1.82) is 0 Å². The van der Waals surface area contributed by atoms with Crippen LogP contribution in [0.2, 0.25) is 0 Å². The molecule has 1 aromatic carbocycles. The highest BCUT2D eigenvalue weighted by atomic mass is 32.2. The van der Waals surface area contributed by atoms with Gasteiger partial charge in [0.15, 0.2) is 11.0 Å². The topological polar surface area (TPSA) is 109 Å². The molecule has 0 N–H and O–H groups in total. The fourth-order valence-corrected chi connectivity index (χ4v) is 2.87. The van der Waals surface area contributed by atoms with Gasteiger partial charge in [0, 0.05) is 19.2 Å². The van der Waals surface area contributed by atoms with Crippen LogP contribution in [-0.2, 0) is 23.2 Å². The maximum Gasteiger partial charge on any atom is 0.322 e. The number of nitro benzene ring substituents is 1. The summed E-state index contributed by atoms with van der Waals surface area (Å²) in [7, 11) is 1.78. The molecule has 140 valence electrons. The molecular formula is C16H20N4O5S. The van der Waals surface area contributed by atoms with E-state index in [1.165, 1.54) is 36.0 Å². The molecule has 0 aliphatic carbocycles. The lowest BCUT2D eigenvalue weighted by molar-refractivity contribution is -0.384. The summed E-state index contributed by atoms with van der Waals surface area (Å²) in [5.74, 6) is 0.724. The van der Waals surface area contributed by atoms with Crippen LogP contribution < -0.4 is 4.74 Å². The summed E-state index contributed by atoms with van der Waals surface area (Å²) in [6.07, 6.45) is 0. The molecule has 0 atom stereocenters. The molecule has 0 bridgehead atoms. The highest BCUT2D eigenvalue weighted by molar-refractivity contribution is 8.01. The number of benzene rings is 1. The molecule has 0 aliphatic rings. The van der Waals surface area contributed by atoms with E-state index in [-0.39, 0.29) is 18.3 Å². The van der Waals surface area contributed by atoms with Gasteiger partial charge in [-0.05, 0) is 32.9 Å². The summed E-state index contributed by atoms with van der Waals surface area (Å²) in [5.41, 5.74) is -0.00380. The van der Waals surface area contributed by atoms with Crippen molar-refractivity contribution >= 4 is 23.4 Å². The Balaban J connectivity index is 2.02. The standard InChI is InChI=1S/C16H20N4O5S/c1-5-24-14(21)16(2,3)26-15-18-17-13(19(15)4)10-25-12-8-6-11(7-9-12)20(22)23/h6-9H,5,10H2,1-4H3. The van der Waals surface area contributed by atoms with E-state index in [9.17, 15) is 14.9 Å². The van der Waals surface area contributed by atoms with E-state index in [1.807, 2.05) is 0 Å². The first kappa shape index (κ1) is 19.7. The molecule has 0 saturated carbocycles. The maximum atomic E-state index is 12.0. The van der Waals surface area contributed by atoms with Crippen LogP contribution in [0.25, 0.3) is 0 Å². The molecule has 0 aliphatic heterocycles. The number of aromatic nitrogens is 3. The molecule has 2 aromatic rings. The van der Waals surface area contributed by atoms with Crippen molar-refractivity contribution in [1.82, 2.24) is 14.8 Å². The molecule has 26 heavy (non-hydrogen) atoms. The van der Waals surface area contributed by atoms with E-state index in [0.717, 1.165) is 0 Å². The summed E-state index contributed by atoms with van der Waals surface area (Å²) in [6, 6.07) is 5.78. The lowest BCUT2D eigenvalue weighted by Crippen LogP contribution is -2.30. The normalized spacial score (nSPS) is 11.2. The monoisotopic (exact) mass is 380 g/mol. The van der Waals surface area contributed by atoms with Gasteiger partial charge in [-0.15, -0.1) is 10.2 Å². The minimum absolute atomic E-state index is 0.00380. The number of nitrogens with zero attached hydrogens (tertiary/aromatic N) is 4. The highest BCUT2D eigenvalue weighted by Gasteiger charge is 2.32. The Morgan fingerprint density at radius 3 is 2.54 bits per heavy atom. The van der Waals surface area contributed by atoms with Crippen LogP contribution in [0.1, 0.15) is 26.6 Å². The molecule has 1 heterocycles. The number of hydrogen-bond acceptors (Lipinski definition) is 8. The van der Waals surface area contributed by atoms with Crippen LogP contribution in [-0.4, -0.2) is 37.0 Å². The van der Waals surface area contributed by atoms with Crippen LogP contribution in [0.4, 0.5) is 5.69 Å². The van der Waals surface area contributed by atoms with Crippen molar-refractivity contribution in [2.24, 2.45) is 7.05 Å². The van der Waals surface area contributed by atoms with Crippen molar-refractivity contribution < 1.29 is 19.2 Å². The van der Waals surface area contributed by atoms with Gasteiger partial charge in [0.05, 0.1) is 11.5 Å². The fraction of sp³-hybridized carbons (Fsp3) is 0.438. The third-order valence-corrected chi connectivity index (χ3v) is 4.67. The second kappa shape index (κ2) is 8.17. The number of ether oxygens (including phenoxy) is 2. The molecule has 0 spiro atoms. The third kappa shape index (κ3) is 4.72. The Labute approximate surface area is 154 Å². The SMILES string of the molecule is CCOC(=O)C(C)(C)Sc1nnc(COc2ccc([N+](=O)[O-])cc2)n1C. The zero-order valence-corrected chi connectivity index (χ0v) is 15.8. The molecule has 0 fully saturated rings. The highest BCUT2D eigenvalue weighted by Crippen LogP contribution is 2.32. The minimum Gasteiger partial charge on any atom is -0.486 e. The molecule has 1 aromatic heterocycles. The zero-order valence-electron chi connectivity index (χ0n) is 15.0. The van der Waals surface area contributed by atoms with Crippen LogP contribution in [0, 0.1) is 10.1 Å². The second-order valence-electron chi connectivity index (χ2n) is 5.83. The van der Waals surface area contributed by atoms with Gasteiger partial charge in [0.2, 0.25) is 0 Å². The number of thioether (sulfide) groups is 1. The first-order valence-electron chi connectivity index (χ1n) is 7.86. The summed E-state index contributed by atoms with van der Waals surface area (Å²) in [4.78, 5) is 22.2. The summed E-state index contributed by atoms with van der Waals surface area (Å²) >= 11 is 1.25. The predicted octanol–water partition coefficient (Wildman–Crippen LogP) is 2.74. The number of non-ortho nitro benzene ring substituents is 1. The van der Waals surface area contributed by atoms with Crippen LogP contribution in [0.15, 0.2) is 29.4 Å². The summed E-state index contributed by atoms with van der Waals surface area (Å²) in [6.45, 7) is 5.74. The van der Waals surface area contributed by atoms with Gasteiger partial charge in [-0.25, -0.2) is 0 Å². The molecule has 0 radical (unpaired) electrons. The lowest BCUT2D eigenvalue weighted by atomic mass is 10.2.